The summed E-state index contributed by atoms with van der Waals surface area (Å²) < 4.78 is 28.8. The lowest BCUT2D eigenvalue weighted by Crippen LogP contribution is -2.77. The summed E-state index contributed by atoms with van der Waals surface area (Å²) >= 11 is 0. The van der Waals surface area contributed by atoms with E-state index in [4.69, 9.17) is 23.4 Å². The van der Waals surface area contributed by atoms with Gasteiger partial charge in [-0.2, -0.15) is 0 Å². The van der Waals surface area contributed by atoms with Gasteiger partial charge in [-0.05, 0) is 30.7 Å². The lowest BCUT2D eigenvalue weighted by Gasteiger charge is -2.68. The summed E-state index contributed by atoms with van der Waals surface area (Å²) in [6.45, 7) is 8.79. The van der Waals surface area contributed by atoms with Gasteiger partial charge in [-0.3, -0.25) is 14.4 Å². The van der Waals surface area contributed by atoms with Crippen molar-refractivity contribution in [2.75, 3.05) is 7.11 Å². The van der Waals surface area contributed by atoms with Crippen molar-refractivity contribution in [3.8, 4) is 0 Å². The van der Waals surface area contributed by atoms with Crippen molar-refractivity contribution in [3.05, 3.63) is 24.2 Å². The lowest BCUT2D eigenvalue weighted by molar-refractivity contribution is -0.317. The topological polar surface area (TPSA) is 139 Å². The second-order valence-corrected chi connectivity index (χ2v) is 13.2. The van der Waals surface area contributed by atoms with E-state index in [-0.39, 0.29) is 18.6 Å². The van der Waals surface area contributed by atoms with Gasteiger partial charge in [0.25, 0.3) is 0 Å². The number of carbonyl (C=O) groups is 4. The van der Waals surface area contributed by atoms with E-state index in [1.165, 1.54) is 26.6 Å². The molecular weight excluding hydrogens is 508 g/mol. The van der Waals surface area contributed by atoms with E-state index in [0.717, 1.165) is 0 Å². The molecule has 10 atom stereocenters. The normalized spacial score (nSPS) is 46.1. The summed E-state index contributed by atoms with van der Waals surface area (Å²) in [6.07, 6.45) is 1.11. The largest absolute Gasteiger partial charge is 0.472 e. The first kappa shape index (κ1) is 26.5. The maximum absolute atomic E-state index is 14.3. The van der Waals surface area contributed by atoms with Gasteiger partial charge in [0.1, 0.15) is 23.1 Å². The van der Waals surface area contributed by atoms with Crippen LogP contribution in [0.5, 0.6) is 0 Å². The minimum Gasteiger partial charge on any atom is -0.472 e. The van der Waals surface area contributed by atoms with Crippen LogP contribution in [0.2, 0.25) is 0 Å². The Morgan fingerprint density at radius 3 is 2.51 bits per heavy atom. The predicted molar refractivity (Wildman–Crippen MR) is 132 cm³/mol. The van der Waals surface area contributed by atoms with Gasteiger partial charge in [-0.25, -0.2) is 4.79 Å². The van der Waals surface area contributed by atoms with Gasteiger partial charge in [-0.15, -0.1) is 0 Å². The number of hydrogen-bond acceptors (Lipinski definition) is 10. The summed E-state index contributed by atoms with van der Waals surface area (Å²) in [5.41, 5.74) is -5.27. The van der Waals surface area contributed by atoms with Crippen molar-refractivity contribution in [2.24, 2.45) is 34.0 Å². The van der Waals surface area contributed by atoms with E-state index in [1.807, 2.05) is 27.7 Å². The van der Waals surface area contributed by atoms with Crippen LogP contribution >= 0.6 is 0 Å². The number of aliphatic hydroxyl groups is 1. The zero-order valence-corrected chi connectivity index (χ0v) is 23.1. The number of furan rings is 1. The van der Waals surface area contributed by atoms with Crippen LogP contribution in [0.1, 0.15) is 72.0 Å². The van der Waals surface area contributed by atoms with Crippen LogP contribution in [0.4, 0.5) is 0 Å². The van der Waals surface area contributed by atoms with Crippen LogP contribution in [0.15, 0.2) is 23.0 Å². The van der Waals surface area contributed by atoms with E-state index >= 15 is 0 Å². The highest BCUT2D eigenvalue weighted by Crippen LogP contribution is 2.77. The maximum atomic E-state index is 14.3. The first-order valence-corrected chi connectivity index (χ1v) is 13.6. The summed E-state index contributed by atoms with van der Waals surface area (Å²) in [4.78, 5) is 52.7. The fraction of sp³-hybridized carbons (Fsp3) is 0.724. The average Bonchev–Trinajstić information content (AvgIpc) is 3.50. The number of fused-ring (bicyclic) bond motifs is 3. The minimum atomic E-state index is -1.68. The molecular formula is C29H36O10. The molecule has 2 unspecified atom stereocenters. The summed E-state index contributed by atoms with van der Waals surface area (Å²) in [5.74, 6) is -3.91. The summed E-state index contributed by atoms with van der Waals surface area (Å²) in [6, 6.07) is 1.73. The molecule has 1 aromatic heterocycles. The molecule has 1 aromatic rings. The van der Waals surface area contributed by atoms with Crippen molar-refractivity contribution < 1.29 is 47.6 Å². The Hall–Kier alpha value is -2.72. The third kappa shape index (κ3) is 2.94. The Morgan fingerprint density at radius 1 is 1.18 bits per heavy atom. The SMILES string of the molecule is COC(=O)[C@H](OC(C)=O)[C@H]1C(C)(C)[C@@H]2O[C@@]34C[C@@H]2C(=O)[C@]1(C)C3CC[C@@]1(C)[C@H](c2ccoc2)OC(=O)CC41O. The molecule has 2 saturated heterocycles. The Labute approximate surface area is 226 Å². The van der Waals surface area contributed by atoms with Crippen molar-refractivity contribution in [3.63, 3.8) is 0 Å². The number of carbonyl (C=O) groups excluding carboxylic acids is 4. The predicted octanol–water partition coefficient (Wildman–Crippen LogP) is 2.91. The van der Waals surface area contributed by atoms with E-state index in [0.29, 0.717) is 18.4 Å². The van der Waals surface area contributed by atoms with E-state index in [9.17, 15) is 24.3 Å². The highest BCUT2D eigenvalue weighted by Gasteiger charge is 2.85. The molecule has 6 rings (SSSR count). The van der Waals surface area contributed by atoms with Crippen molar-refractivity contribution in [1.82, 2.24) is 0 Å². The van der Waals surface area contributed by atoms with Gasteiger partial charge in [0.2, 0.25) is 6.10 Å². The number of hydrogen-bond donors (Lipinski definition) is 1. The molecule has 1 N–H and O–H groups in total. The molecule has 3 heterocycles. The van der Waals surface area contributed by atoms with Crippen molar-refractivity contribution in [1.29, 1.82) is 0 Å². The highest BCUT2D eigenvalue weighted by atomic mass is 16.6. The molecule has 1 spiro atoms. The van der Waals surface area contributed by atoms with Gasteiger partial charge in [-0.1, -0.05) is 27.7 Å². The number of rotatable bonds is 4. The van der Waals surface area contributed by atoms with E-state index < -0.39 is 81.4 Å². The standard InChI is InChI=1S/C29H36O10/c1-14(30)37-19(24(33)35-6)20-25(2,3)23-16-11-28(39-23)17(27(20,5)21(16)32)7-9-26(4)22(15-8-10-36-13-15)38-18(31)12-29(26,28)34/h8,10,13,16-17,19-20,22-23,34H,7,9,11-12H2,1-6H3/t16-,17?,19-,20+,22+,23-,26+,27-,28+,29?/m1/s1. The minimum absolute atomic E-state index is 0.0621. The quantitative estimate of drug-likeness (QED) is 0.445. The fourth-order valence-electron chi connectivity index (χ4n) is 9.84. The molecule has 3 saturated carbocycles. The Bertz CT molecular complexity index is 1250. The van der Waals surface area contributed by atoms with Crippen LogP contribution in [0.25, 0.3) is 0 Å². The van der Waals surface area contributed by atoms with Crippen LogP contribution in [-0.4, -0.2) is 59.3 Å². The molecule has 3 aliphatic carbocycles. The zero-order valence-electron chi connectivity index (χ0n) is 23.1. The number of Topliss-reactive ketones (excluding diaryl/α,β-unsaturated/α-hetero) is 1. The number of methoxy groups -OCH3 is 1. The van der Waals surface area contributed by atoms with E-state index in [2.05, 4.69) is 0 Å². The number of esters is 3. The second kappa shape index (κ2) is 7.94. The fourth-order valence-corrected chi connectivity index (χ4v) is 9.84. The monoisotopic (exact) mass is 544 g/mol. The first-order chi connectivity index (χ1) is 18.2. The van der Waals surface area contributed by atoms with Crippen LogP contribution in [0, 0.1) is 34.0 Å². The zero-order chi connectivity index (χ0) is 28.3. The molecule has 0 radical (unpaired) electrons. The highest BCUT2D eigenvalue weighted by molar-refractivity contribution is 5.93. The first-order valence-electron chi connectivity index (χ1n) is 13.6. The Morgan fingerprint density at radius 2 is 1.90 bits per heavy atom. The van der Waals surface area contributed by atoms with Gasteiger partial charge < -0.3 is 28.5 Å². The molecule has 5 fully saturated rings. The number of ether oxygens (including phenoxy) is 4. The van der Waals surface area contributed by atoms with Gasteiger partial charge in [0.05, 0.1) is 32.2 Å². The van der Waals surface area contributed by atoms with Crippen LogP contribution < -0.4 is 0 Å². The second-order valence-electron chi connectivity index (χ2n) is 13.2. The molecule has 0 aromatic carbocycles. The Kier molecular flexibility index (Phi) is 5.39. The molecule has 5 aliphatic rings. The van der Waals surface area contributed by atoms with Gasteiger partial charge >= 0.3 is 17.9 Å². The molecule has 0 amide bonds. The van der Waals surface area contributed by atoms with Crippen LogP contribution in [-0.2, 0) is 38.1 Å². The average molecular weight is 545 g/mol. The molecule has 3 bridgehead atoms. The molecule has 212 valence electrons. The molecule has 2 aliphatic heterocycles. The smallest absolute Gasteiger partial charge is 0.347 e. The number of ketones is 1. The third-order valence-electron chi connectivity index (χ3n) is 11.3. The summed E-state index contributed by atoms with van der Waals surface area (Å²) in [7, 11) is 1.22. The Balaban J connectivity index is 1.55. The van der Waals surface area contributed by atoms with Crippen molar-refractivity contribution >= 4 is 23.7 Å². The van der Waals surface area contributed by atoms with Crippen molar-refractivity contribution in [2.45, 2.75) is 89.8 Å². The lowest BCUT2D eigenvalue weighted by atomic mass is 9.36. The maximum Gasteiger partial charge on any atom is 0.347 e. The molecule has 10 nitrogen and oxygen atoms in total. The number of cyclic esters (lactones) is 1. The summed E-state index contributed by atoms with van der Waals surface area (Å²) in [5, 5.41) is 12.9. The molecule has 39 heavy (non-hydrogen) atoms. The van der Waals surface area contributed by atoms with Gasteiger partial charge in [0, 0.05) is 41.1 Å². The van der Waals surface area contributed by atoms with E-state index in [1.54, 1.807) is 6.07 Å². The molecule has 10 heteroatoms. The van der Waals surface area contributed by atoms with Gasteiger partial charge in [0.15, 0.2) is 0 Å². The third-order valence-corrected chi connectivity index (χ3v) is 11.3. The van der Waals surface area contributed by atoms with Crippen LogP contribution in [0.3, 0.4) is 0 Å².